The molecule has 0 saturated heterocycles. The van der Waals surface area contributed by atoms with Crippen LogP contribution in [0.25, 0.3) is 0 Å². The molecule has 0 unspecified atom stereocenters. The molecule has 0 spiro atoms. The van der Waals surface area contributed by atoms with E-state index < -0.39 is 0 Å². The lowest BCUT2D eigenvalue weighted by Crippen LogP contribution is -2.00. The molecule has 0 heterocycles. The van der Waals surface area contributed by atoms with E-state index in [1.54, 1.807) is 11.8 Å². The van der Waals surface area contributed by atoms with Crippen molar-refractivity contribution in [1.82, 2.24) is 0 Å². The third-order valence-electron chi connectivity index (χ3n) is 1.07. The van der Waals surface area contributed by atoms with Crippen molar-refractivity contribution in [3.8, 4) is 0 Å². The van der Waals surface area contributed by atoms with E-state index in [4.69, 9.17) is 16.3 Å². The highest BCUT2D eigenvalue weighted by Crippen LogP contribution is 2.05. The van der Waals surface area contributed by atoms with E-state index in [1.807, 2.05) is 0 Å². The van der Waals surface area contributed by atoms with Gasteiger partial charge in [-0.3, -0.25) is 4.79 Å². The van der Waals surface area contributed by atoms with E-state index >= 15 is 0 Å². The van der Waals surface area contributed by atoms with E-state index in [2.05, 4.69) is 0 Å². The van der Waals surface area contributed by atoms with E-state index in [1.165, 1.54) is 6.92 Å². The Hall–Kier alpha value is 0.110. The Morgan fingerprint density at radius 2 is 2.27 bits per heavy atom. The molecule has 66 valence electrons. The highest BCUT2D eigenvalue weighted by molar-refractivity contribution is 8.00. The summed E-state index contributed by atoms with van der Waals surface area (Å²) >= 11 is 7.13. The zero-order valence-electron chi connectivity index (χ0n) is 6.64. The first-order valence-electron chi connectivity index (χ1n) is 3.54. The standard InChI is InChI=1S/C7H13ClO2S/c1-7(9)10-4-2-3-5-11-6-8/h2-6H2,1H3. The van der Waals surface area contributed by atoms with Crippen molar-refractivity contribution in [2.75, 3.05) is 17.6 Å². The summed E-state index contributed by atoms with van der Waals surface area (Å²) in [5.41, 5.74) is 0. The normalized spacial score (nSPS) is 9.64. The lowest BCUT2D eigenvalue weighted by Gasteiger charge is -2.00. The molecule has 4 heteroatoms. The van der Waals surface area contributed by atoms with Crippen molar-refractivity contribution in [2.45, 2.75) is 19.8 Å². The van der Waals surface area contributed by atoms with Gasteiger partial charge in [0.05, 0.1) is 11.8 Å². The third kappa shape index (κ3) is 10.1. The number of thioether (sulfide) groups is 1. The van der Waals surface area contributed by atoms with Gasteiger partial charge in [-0.25, -0.2) is 0 Å². The number of halogens is 1. The molecule has 0 aromatic rings. The molecule has 2 nitrogen and oxygen atoms in total. The predicted molar refractivity (Wildman–Crippen MR) is 49.0 cm³/mol. The van der Waals surface area contributed by atoms with Gasteiger partial charge in [0.2, 0.25) is 0 Å². The molecule has 11 heavy (non-hydrogen) atoms. The minimum atomic E-state index is -0.199. The number of ether oxygens (including phenoxy) is 1. The Balaban J connectivity index is 2.85. The van der Waals surface area contributed by atoms with Gasteiger partial charge in [0.15, 0.2) is 0 Å². The van der Waals surface area contributed by atoms with Crippen LogP contribution in [-0.4, -0.2) is 23.5 Å². The molecule has 0 aromatic carbocycles. The number of alkyl halides is 1. The summed E-state index contributed by atoms with van der Waals surface area (Å²) in [6.07, 6.45) is 1.99. The largest absolute Gasteiger partial charge is 0.466 e. The number of esters is 1. The van der Waals surface area contributed by atoms with Crippen LogP contribution in [0.5, 0.6) is 0 Å². The predicted octanol–water partition coefficient (Wildman–Crippen LogP) is 2.26. The molecule has 0 aliphatic rings. The molecule has 0 saturated carbocycles. The average molecular weight is 197 g/mol. The van der Waals surface area contributed by atoms with Gasteiger partial charge in [0.25, 0.3) is 0 Å². The monoisotopic (exact) mass is 196 g/mol. The number of hydrogen-bond donors (Lipinski definition) is 0. The molecule has 0 radical (unpaired) electrons. The molecular formula is C7H13ClO2S. The SMILES string of the molecule is CC(=O)OCCCCSCCl. The van der Waals surface area contributed by atoms with Crippen LogP contribution in [0.3, 0.4) is 0 Å². The first kappa shape index (κ1) is 11.1. The van der Waals surface area contributed by atoms with Gasteiger partial charge in [-0.1, -0.05) is 0 Å². The van der Waals surface area contributed by atoms with Gasteiger partial charge in [0, 0.05) is 6.92 Å². The van der Waals surface area contributed by atoms with Gasteiger partial charge in [-0.05, 0) is 18.6 Å². The summed E-state index contributed by atoms with van der Waals surface area (Å²) in [4.78, 5) is 10.3. The van der Waals surface area contributed by atoms with Crippen LogP contribution in [-0.2, 0) is 9.53 Å². The highest BCUT2D eigenvalue weighted by Gasteiger charge is 1.92. The minimum Gasteiger partial charge on any atom is -0.466 e. The maximum atomic E-state index is 10.3. The fourth-order valence-corrected chi connectivity index (χ4v) is 1.42. The molecule has 0 aliphatic heterocycles. The first-order chi connectivity index (χ1) is 5.27. The van der Waals surface area contributed by atoms with Crippen LogP contribution in [0.1, 0.15) is 19.8 Å². The van der Waals surface area contributed by atoms with Crippen LogP contribution in [0, 0.1) is 0 Å². The van der Waals surface area contributed by atoms with Crippen LogP contribution in [0.15, 0.2) is 0 Å². The average Bonchev–Trinajstić information content (AvgIpc) is 1.96. The minimum absolute atomic E-state index is 0.199. The van der Waals surface area contributed by atoms with E-state index in [-0.39, 0.29) is 5.97 Å². The molecule has 0 amide bonds. The molecule has 0 bridgehead atoms. The molecule has 0 fully saturated rings. The van der Waals surface area contributed by atoms with E-state index in [0.717, 1.165) is 18.6 Å². The molecule has 0 aromatic heterocycles. The maximum Gasteiger partial charge on any atom is 0.302 e. The van der Waals surface area contributed by atoms with Gasteiger partial charge in [-0.2, -0.15) is 0 Å². The zero-order chi connectivity index (χ0) is 8.53. The summed E-state index contributed by atoms with van der Waals surface area (Å²) in [7, 11) is 0. The fourth-order valence-electron chi connectivity index (χ4n) is 0.577. The van der Waals surface area contributed by atoms with Gasteiger partial charge < -0.3 is 4.74 Å². The van der Waals surface area contributed by atoms with Crippen molar-refractivity contribution in [3.63, 3.8) is 0 Å². The number of carbonyl (C=O) groups is 1. The van der Waals surface area contributed by atoms with Crippen molar-refractivity contribution < 1.29 is 9.53 Å². The summed E-state index contributed by atoms with van der Waals surface area (Å²) < 4.78 is 4.74. The third-order valence-corrected chi connectivity index (χ3v) is 2.26. The molecule has 0 rings (SSSR count). The Morgan fingerprint density at radius 1 is 1.55 bits per heavy atom. The second-order valence-electron chi connectivity index (χ2n) is 2.06. The first-order valence-corrected chi connectivity index (χ1v) is 5.23. The van der Waals surface area contributed by atoms with Crippen LogP contribution < -0.4 is 0 Å². The van der Waals surface area contributed by atoms with Gasteiger partial charge >= 0.3 is 5.97 Å². The Labute approximate surface area is 76.6 Å². The topological polar surface area (TPSA) is 26.3 Å². The highest BCUT2D eigenvalue weighted by atomic mass is 35.5. The molecule has 0 atom stereocenters. The van der Waals surface area contributed by atoms with Crippen molar-refractivity contribution >= 4 is 29.3 Å². The van der Waals surface area contributed by atoms with Crippen LogP contribution in [0.4, 0.5) is 0 Å². The van der Waals surface area contributed by atoms with Crippen molar-refractivity contribution in [3.05, 3.63) is 0 Å². The van der Waals surface area contributed by atoms with Gasteiger partial charge in [0.1, 0.15) is 0 Å². The number of carbonyl (C=O) groups excluding carboxylic acids is 1. The Bertz CT molecular complexity index is 109. The zero-order valence-corrected chi connectivity index (χ0v) is 8.21. The number of hydrogen-bond acceptors (Lipinski definition) is 3. The lowest BCUT2D eigenvalue weighted by atomic mass is 10.4. The summed E-state index contributed by atoms with van der Waals surface area (Å²) in [6.45, 7) is 1.96. The molecule has 0 N–H and O–H groups in total. The van der Waals surface area contributed by atoms with Crippen LogP contribution in [0.2, 0.25) is 0 Å². The van der Waals surface area contributed by atoms with Crippen LogP contribution >= 0.6 is 23.4 Å². The quantitative estimate of drug-likeness (QED) is 0.370. The maximum absolute atomic E-state index is 10.3. The van der Waals surface area contributed by atoms with E-state index in [0.29, 0.717) is 11.8 Å². The smallest absolute Gasteiger partial charge is 0.302 e. The van der Waals surface area contributed by atoms with Gasteiger partial charge in [-0.15, -0.1) is 23.4 Å². The van der Waals surface area contributed by atoms with E-state index in [9.17, 15) is 4.79 Å². The lowest BCUT2D eigenvalue weighted by molar-refractivity contribution is -0.141. The molecular weight excluding hydrogens is 184 g/mol. The number of unbranched alkanes of at least 4 members (excludes halogenated alkanes) is 1. The summed E-state index contributed by atoms with van der Waals surface area (Å²) in [5, 5.41) is 0.646. The Kier molecular flexibility index (Phi) is 8.29. The second kappa shape index (κ2) is 8.21. The number of rotatable bonds is 6. The molecule has 0 aliphatic carbocycles. The fraction of sp³-hybridized carbons (Fsp3) is 0.857. The summed E-state index contributed by atoms with van der Waals surface area (Å²) in [5.74, 6) is 0.847. The Morgan fingerprint density at radius 3 is 2.82 bits per heavy atom. The second-order valence-corrected chi connectivity index (χ2v) is 3.75. The summed E-state index contributed by atoms with van der Waals surface area (Å²) in [6, 6.07) is 0. The van der Waals surface area contributed by atoms with Crippen molar-refractivity contribution in [2.24, 2.45) is 0 Å². The van der Waals surface area contributed by atoms with Crippen molar-refractivity contribution in [1.29, 1.82) is 0 Å².